The van der Waals surface area contributed by atoms with Crippen LogP contribution in [-0.2, 0) is 4.79 Å². The lowest BCUT2D eigenvalue weighted by atomic mass is 10.2. The smallest absolute Gasteiger partial charge is 0.234 e. The van der Waals surface area contributed by atoms with E-state index in [1.807, 2.05) is 0 Å². The molecule has 48 valence electrons. The van der Waals surface area contributed by atoms with Crippen molar-refractivity contribution in [3.05, 3.63) is 0 Å². The van der Waals surface area contributed by atoms with Crippen molar-refractivity contribution in [3.63, 3.8) is 0 Å². The summed E-state index contributed by atoms with van der Waals surface area (Å²) < 4.78 is 6.40. The molecule has 0 fully saturated rings. The minimum absolute atomic E-state index is 0.370. The number of carbonyl (C=O) groups excluding carboxylic acids is 1. The van der Waals surface area contributed by atoms with Gasteiger partial charge in [0.2, 0.25) is 5.91 Å². The fourth-order valence-corrected chi connectivity index (χ4v) is 0.311. The zero-order chi connectivity index (χ0) is 7.28. The lowest BCUT2D eigenvalue weighted by molar-refractivity contribution is -0.119. The van der Waals surface area contributed by atoms with E-state index in [9.17, 15) is 4.79 Å². The first-order valence-corrected chi connectivity index (χ1v) is 2.39. The molecule has 0 aromatic heterocycles. The standard InChI is InChI=1S/C4H11N3O/c5-2-1-3(6)4(7)8/h3H,1-2,5-6H2,(H2,7,8)/t3-/m0/s1/i/hD. The summed E-state index contributed by atoms with van der Waals surface area (Å²) in [5.74, 6) is -0.486. The Kier molecular flexibility index (Phi) is 2.35. The van der Waals surface area contributed by atoms with Gasteiger partial charge in [0.25, 0.3) is 0 Å². The second kappa shape index (κ2) is 3.40. The van der Waals surface area contributed by atoms with Crippen molar-refractivity contribution in [1.29, 1.82) is 0 Å². The summed E-state index contributed by atoms with van der Waals surface area (Å²) in [7, 11) is 0. The Morgan fingerprint density at radius 2 is 2.50 bits per heavy atom. The molecule has 1 atom stereocenters. The maximum atomic E-state index is 10.4. The summed E-state index contributed by atoms with van der Waals surface area (Å²) in [5.41, 5.74) is 12.0. The highest BCUT2D eigenvalue weighted by Gasteiger charge is 2.05. The van der Waals surface area contributed by atoms with Crippen molar-refractivity contribution < 1.29 is 6.21 Å². The first kappa shape index (κ1) is 5.53. The van der Waals surface area contributed by atoms with Gasteiger partial charge in [-0.25, -0.2) is 0 Å². The lowest BCUT2D eigenvalue weighted by Gasteiger charge is -2.01. The van der Waals surface area contributed by atoms with Crippen LogP contribution in [0.25, 0.3) is 0 Å². The molecule has 0 aromatic carbocycles. The second-order valence-corrected chi connectivity index (χ2v) is 1.55. The lowest BCUT2D eigenvalue weighted by Crippen LogP contribution is -2.37. The average Bonchev–Trinajstić information content (AvgIpc) is 1.87. The van der Waals surface area contributed by atoms with Crippen LogP contribution in [0.3, 0.4) is 0 Å². The van der Waals surface area contributed by atoms with Crippen LogP contribution < -0.4 is 17.2 Å². The Bertz CT molecular complexity index is 97.8. The number of carbonyl (C=O) groups is 1. The summed E-state index contributed by atoms with van der Waals surface area (Å²) in [6.45, 7) is 0.370. The first-order valence-electron chi connectivity index (χ1n) is 2.89. The van der Waals surface area contributed by atoms with Crippen LogP contribution in [0.2, 0.25) is 1.41 Å². The van der Waals surface area contributed by atoms with Crippen LogP contribution >= 0.6 is 0 Å². The SMILES string of the molecule is [2H]NC(=O)[C@@H](N)CCN. The largest absolute Gasteiger partial charge is 0.368 e. The van der Waals surface area contributed by atoms with Crippen LogP contribution in [0, 0.1) is 0 Å². The minimum Gasteiger partial charge on any atom is -0.368 e. The molecule has 6 N–H and O–H groups in total. The van der Waals surface area contributed by atoms with Gasteiger partial charge in [-0.2, -0.15) is 0 Å². The summed E-state index contributed by atoms with van der Waals surface area (Å²) in [4.78, 5) is 10.4. The fraction of sp³-hybridized carbons (Fsp3) is 0.750. The van der Waals surface area contributed by atoms with Gasteiger partial charge in [-0.15, -0.1) is 0 Å². The van der Waals surface area contributed by atoms with Crippen LogP contribution in [0.4, 0.5) is 0 Å². The Hall–Kier alpha value is -0.610. The molecule has 0 aliphatic heterocycles. The number of hydrogen-bond donors (Lipinski definition) is 3. The van der Waals surface area contributed by atoms with Gasteiger partial charge in [-0.1, -0.05) is 0 Å². The van der Waals surface area contributed by atoms with Crippen LogP contribution in [-0.4, -0.2) is 18.5 Å². The first-order chi connectivity index (χ1) is 4.22. The normalized spacial score (nSPS) is 14.5. The monoisotopic (exact) mass is 118 g/mol. The summed E-state index contributed by atoms with van der Waals surface area (Å²) in [6.07, 6.45) is 0.421. The Morgan fingerprint density at radius 1 is 1.88 bits per heavy atom. The van der Waals surface area contributed by atoms with Crippen molar-refractivity contribution >= 4 is 5.91 Å². The van der Waals surface area contributed by atoms with E-state index in [4.69, 9.17) is 12.9 Å². The Balaban J connectivity index is 3.45. The zero-order valence-corrected chi connectivity index (χ0v) is 4.55. The molecule has 0 radical (unpaired) electrons. The van der Waals surface area contributed by atoms with Crippen LogP contribution in [0.15, 0.2) is 0 Å². The molecule has 1 amide bonds. The van der Waals surface area contributed by atoms with Gasteiger partial charge in [-0.05, 0) is 13.0 Å². The van der Waals surface area contributed by atoms with E-state index in [0.717, 1.165) is 0 Å². The molecule has 0 saturated heterocycles. The third-order valence-electron chi connectivity index (χ3n) is 0.814. The van der Waals surface area contributed by atoms with E-state index < -0.39 is 11.9 Å². The van der Waals surface area contributed by atoms with Crippen molar-refractivity contribution in [3.8, 4) is 0 Å². The Morgan fingerprint density at radius 3 is 2.88 bits per heavy atom. The summed E-state index contributed by atoms with van der Waals surface area (Å²) in [6, 6.07) is -0.632. The third-order valence-corrected chi connectivity index (χ3v) is 0.814. The molecule has 0 rings (SSSR count). The van der Waals surface area contributed by atoms with Crippen LogP contribution in [0.5, 0.6) is 0 Å². The number of nitrogens with two attached hydrogens (primary N) is 3. The quantitative estimate of drug-likeness (QED) is 0.406. The molecule has 4 heteroatoms. The van der Waals surface area contributed by atoms with E-state index in [-0.39, 0.29) is 0 Å². The van der Waals surface area contributed by atoms with E-state index in [1.54, 1.807) is 5.73 Å². The summed E-state index contributed by atoms with van der Waals surface area (Å²) in [5, 5.41) is 0. The van der Waals surface area contributed by atoms with E-state index in [0.29, 0.717) is 13.0 Å². The molecular formula is C4H11N3O. The second-order valence-electron chi connectivity index (χ2n) is 1.55. The maximum Gasteiger partial charge on any atom is 0.234 e. The number of primary amides is 1. The number of amides is 1. The van der Waals surface area contributed by atoms with Gasteiger partial charge < -0.3 is 17.2 Å². The van der Waals surface area contributed by atoms with E-state index in [2.05, 4.69) is 0 Å². The molecule has 0 aliphatic rings. The number of hydrogen-bond acceptors (Lipinski definition) is 3. The number of rotatable bonds is 3. The highest BCUT2D eigenvalue weighted by molar-refractivity contribution is 5.79. The predicted octanol–water partition coefficient (Wildman–Crippen LogP) is -1.85. The minimum atomic E-state index is -0.632. The van der Waals surface area contributed by atoms with E-state index in [1.165, 1.54) is 0 Å². The molecule has 0 saturated carbocycles. The molecule has 0 aromatic rings. The van der Waals surface area contributed by atoms with Crippen molar-refractivity contribution in [2.75, 3.05) is 6.54 Å². The topological polar surface area (TPSA) is 95.1 Å². The van der Waals surface area contributed by atoms with Gasteiger partial charge >= 0.3 is 0 Å². The zero-order valence-electron chi connectivity index (χ0n) is 5.55. The molecule has 4 nitrogen and oxygen atoms in total. The fourth-order valence-electron chi connectivity index (χ4n) is 0.311. The van der Waals surface area contributed by atoms with Crippen molar-refractivity contribution in [1.82, 2.24) is 0 Å². The predicted molar refractivity (Wildman–Crippen MR) is 30.8 cm³/mol. The van der Waals surface area contributed by atoms with Crippen molar-refractivity contribution in [2.24, 2.45) is 17.2 Å². The molecule has 0 spiro atoms. The van der Waals surface area contributed by atoms with Gasteiger partial charge in [0.15, 0.2) is 1.41 Å². The Labute approximate surface area is 49.5 Å². The summed E-state index contributed by atoms with van der Waals surface area (Å²) >= 11 is 0. The molecular weight excluding hydrogens is 106 g/mol. The highest BCUT2D eigenvalue weighted by Crippen LogP contribution is 1.80. The van der Waals surface area contributed by atoms with Gasteiger partial charge in [0.1, 0.15) is 0 Å². The highest BCUT2D eigenvalue weighted by atomic mass is 16.1. The van der Waals surface area contributed by atoms with Crippen molar-refractivity contribution in [2.45, 2.75) is 12.5 Å². The molecule has 0 heterocycles. The molecule has 0 aliphatic carbocycles. The maximum absolute atomic E-state index is 10.4. The molecule has 0 unspecified atom stereocenters. The molecule has 0 bridgehead atoms. The third kappa shape index (κ3) is 2.54. The van der Waals surface area contributed by atoms with Gasteiger partial charge in [0.05, 0.1) is 6.04 Å². The van der Waals surface area contributed by atoms with Gasteiger partial charge in [0, 0.05) is 0 Å². The van der Waals surface area contributed by atoms with Gasteiger partial charge in [-0.3, -0.25) is 4.79 Å². The van der Waals surface area contributed by atoms with Crippen LogP contribution in [0.1, 0.15) is 6.42 Å². The average molecular weight is 118 g/mol. The van der Waals surface area contributed by atoms with E-state index >= 15 is 0 Å². The molecule has 8 heavy (non-hydrogen) atoms.